The average molecular weight is 546 g/mol. The summed E-state index contributed by atoms with van der Waals surface area (Å²) in [6, 6.07) is 17.6. The number of methoxy groups -OCH3 is 1. The minimum Gasteiger partial charge on any atom is -0.494 e. The predicted molar refractivity (Wildman–Crippen MR) is 148 cm³/mol. The number of halogens is 3. The van der Waals surface area contributed by atoms with Gasteiger partial charge in [-0.2, -0.15) is 9.49 Å². The first kappa shape index (κ1) is 24.7. The molecule has 1 atom stereocenters. The van der Waals surface area contributed by atoms with Gasteiger partial charge in [-0.1, -0.05) is 35.9 Å². The first-order valence-electron chi connectivity index (χ1n) is 12.1. The van der Waals surface area contributed by atoms with E-state index in [-0.39, 0.29) is 22.8 Å². The van der Waals surface area contributed by atoms with Crippen LogP contribution in [-0.4, -0.2) is 32.7 Å². The summed E-state index contributed by atoms with van der Waals surface area (Å²) in [4.78, 5) is 15.5. The molecule has 8 nitrogen and oxygen atoms in total. The summed E-state index contributed by atoms with van der Waals surface area (Å²) in [5, 5.41) is 5.63. The lowest BCUT2D eigenvalue weighted by molar-refractivity contribution is 0.372. The molecule has 39 heavy (non-hydrogen) atoms. The Balaban J connectivity index is 1.56. The van der Waals surface area contributed by atoms with E-state index in [9.17, 15) is 4.39 Å². The number of nitrogens with two attached hydrogens (primary N) is 1. The Hall–Kier alpha value is -4.57. The second kappa shape index (κ2) is 9.63. The molecule has 0 radical (unpaired) electrons. The SMILES string of the molecule is COc1ccc(-c2nn([C@@H](C)C3=Nc4cccc(Cl)c4CN3c3ccccc3)c3ncnc(N)c23)c(F)c1F. The number of amidine groups is 1. The normalized spacial score (nSPS) is 13.8. The summed E-state index contributed by atoms with van der Waals surface area (Å²) >= 11 is 6.54. The zero-order valence-electron chi connectivity index (χ0n) is 20.9. The van der Waals surface area contributed by atoms with Crippen molar-refractivity contribution in [3.8, 4) is 17.0 Å². The molecule has 6 rings (SSSR count). The van der Waals surface area contributed by atoms with Crippen molar-refractivity contribution in [3.63, 3.8) is 0 Å². The zero-order chi connectivity index (χ0) is 27.3. The third-order valence-electron chi connectivity index (χ3n) is 6.77. The molecule has 196 valence electrons. The van der Waals surface area contributed by atoms with E-state index in [0.717, 1.165) is 16.9 Å². The molecule has 2 aromatic heterocycles. The Bertz CT molecular complexity index is 1760. The van der Waals surface area contributed by atoms with E-state index in [2.05, 4.69) is 9.97 Å². The number of rotatable bonds is 5. The van der Waals surface area contributed by atoms with Gasteiger partial charge in [-0.05, 0) is 43.3 Å². The molecule has 0 saturated heterocycles. The number of anilines is 2. The number of aliphatic imine (C=N–C) groups is 1. The third kappa shape index (κ3) is 4.04. The van der Waals surface area contributed by atoms with Crippen LogP contribution in [0.3, 0.4) is 0 Å². The maximum absolute atomic E-state index is 15.2. The van der Waals surface area contributed by atoms with Gasteiger partial charge in [0.25, 0.3) is 0 Å². The lowest BCUT2D eigenvalue weighted by Gasteiger charge is -2.34. The highest BCUT2D eigenvalue weighted by atomic mass is 35.5. The van der Waals surface area contributed by atoms with Gasteiger partial charge in [0.2, 0.25) is 5.82 Å². The van der Waals surface area contributed by atoms with Crippen LogP contribution < -0.4 is 15.4 Å². The summed E-state index contributed by atoms with van der Waals surface area (Å²) in [6.07, 6.45) is 1.31. The average Bonchev–Trinajstić information content (AvgIpc) is 3.35. The number of fused-ring (bicyclic) bond motifs is 2. The van der Waals surface area contributed by atoms with Crippen molar-refractivity contribution in [1.82, 2.24) is 19.7 Å². The van der Waals surface area contributed by atoms with Crippen LogP contribution in [0.1, 0.15) is 18.5 Å². The van der Waals surface area contributed by atoms with Gasteiger partial charge < -0.3 is 15.4 Å². The highest BCUT2D eigenvalue weighted by molar-refractivity contribution is 6.32. The maximum atomic E-state index is 15.2. The smallest absolute Gasteiger partial charge is 0.201 e. The first-order chi connectivity index (χ1) is 18.9. The van der Waals surface area contributed by atoms with Crippen LogP contribution in [0, 0.1) is 11.6 Å². The molecule has 0 unspecified atom stereocenters. The Labute approximate surface area is 227 Å². The van der Waals surface area contributed by atoms with Gasteiger partial charge in [-0.3, -0.25) is 0 Å². The van der Waals surface area contributed by atoms with Crippen molar-refractivity contribution in [2.24, 2.45) is 4.99 Å². The van der Waals surface area contributed by atoms with Crippen molar-refractivity contribution in [2.75, 3.05) is 17.7 Å². The van der Waals surface area contributed by atoms with Crippen molar-refractivity contribution in [2.45, 2.75) is 19.5 Å². The monoisotopic (exact) mass is 545 g/mol. The van der Waals surface area contributed by atoms with Gasteiger partial charge in [0.15, 0.2) is 17.2 Å². The topological polar surface area (TPSA) is 94.5 Å². The zero-order valence-corrected chi connectivity index (χ0v) is 21.7. The fourth-order valence-corrected chi connectivity index (χ4v) is 5.05. The highest BCUT2D eigenvalue weighted by Gasteiger charge is 2.31. The van der Waals surface area contributed by atoms with E-state index in [0.29, 0.717) is 28.4 Å². The highest BCUT2D eigenvalue weighted by Crippen LogP contribution is 2.39. The number of hydrogen-bond donors (Lipinski definition) is 1. The second-order valence-electron chi connectivity index (χ2n) is 9.00. The number of ether oxygens (including phenoxy) is 1. The second-order valence-corrected chi connectivity index (χ2v) is 9.41. The van der Waals surface area contributed by atoms with E-state index in [1.54, 1.807) is 4.68 Å². The molecular formula is C28H22ClF2N7O. The Kier molecular flexibility index (Phi) is 6.11. The van der Waals surface area contributed by atoms with Crippen molar-refractivity contribution >= 4 is 45.7 Å². The van der Waals surface area contributed by atoms with Crippen molar-refractivity contribution in [3.05, 3.63) is 89.2 Å². The first-order valence-corrected chi connectivity index (χ1v) is 12.5. The van der Waals surface area contributed by atoms with E-state index in [1.807, 2.05) is 60.4 Å². The lowest BCUT2D eigenvalue weighted by atomic mass is 10.1. The Morgan fingerprint density at radius 2 is 1.79 bits per heavy atom. The number of nitrogen functional groups attached to an aromatic ring is 1. The molecule has 0 bridgehead atoms. The summed E-state index contributed by atoms with van der Waals surface area (Å²) in [7, 11) is 1.27. The molecule has 5 aromatic rings. The molecule has 0 fully saturated rings. The molecule has 0 saturated carbocycles. The number of aromatic nitrogens is 4. The van der Waals surface area contributed by atoms with Crippen LogP contribution >= 0.6 is 11.6 Å². The Morgan fingerprint density at radius 3 is 2.56 bits per heavy atom. The molecule has 3 heterocycles. The third-order valence-corrected chi connectivity index (χ3v) is 7.12. The van der Waals surface area contributed by atoms with Crippen LogP contribution in [0.15, 0.2) is 72.0 Å². The van der Waals surface area contributed by atoms with E-state index < -0.39 is 17.7 Å². The van der Waals surface area contributed by atoms with E-state index in [4.69, 9.17) is 32.2 Å². The standard InChI is InChI=1S/C28H22ClF2N7O/c1-15(27-35-20-10-6-9-19(29)18(20)13-37(27)16-7-4-3-5-8-16)38-28-22(26(32)33-14-34-28)25(36-38)17-11-12-21(39-2)24(31)23(17)30/h3-12,14-15H,13H2,1-2H3,(H2,32,33,34)/t15-/m0/s1. The number of nitrogens with zero attached hydrogens (tertiary/aromatic N) is 6. The molecule has 3 aromatic carbocycles. The maximum Gasteiger partial charge on any atom is 0.201 e. The van der Waals surface area contributed by atoms with Gasteiger partial charge in [-0.15, -0.1) is 0 Å². The van der Waals surface area contributed by atoms with E-state index in [1.165, 1.54) is 25.6 Å². The number of benzene rings is 3. The Morgan fingerprint density at radius 1 is 1.00 bits per heavy atom. The van der Waals surface area contributed by atoms with Crippen LogP contribution in [0.4, 0.5) is 26.0 Å². The van der Waals surface area contributed by atoms with E-state index >= 15 is 4.39 Å². The quantitative estimate of drug-likeness (QED) is 0.277. The molecule has 1 aliphatic rings. The van der Waals surface area contributed by atoms with Crippen molar-refractivity contribution in [1.29, 1.82) is 0 Å². The number of para-hydroxylation sites is 1. The minimum atomic E-state index is -1.12. The van der Waals surface area contributed by atoms with Gasteiger partial charge in [0.05, 0.1) is 24.7 Å². The molecular weight excluding hydrogens is 524 g/mol. The molecule has 2 N–H and O–H groups in total. The molecule has 0 amide bonds. The number of hydrogen-bond acceptors (Lipinski definition) is 7. The van der Waals surface area contributed by atoms with Crippen molar-refractivity contribution < 1.29 is 13.5 Å². The summed E-state index contributed by atoms with van der Waals surface area (Å²) in [6.45, 7) is 2.38. The molecule has 1 aliphatic heterocycles. The fourth-order valence-electron chi connectivity index (χ4n) is 4.82. The molecule has 0 spiro atoms. The fraction of sp³-hybridized carbons (Fsp3) is 0.143. The summed E-state index contributed by atoms with van der Waals surface area (Å²) in [5.74, 6) is -1.70. The summed E-state index contributed by atoms with van der Waals surface area (Å²) < 4.78 is 36.4. The van der Waals surface area contributed by atoms with Gasteiger partial charge in [-0.25, -0.2) is 24.0 Å². The van der Waals surface area contributed by atoms with Crippen LogP contribution in [0.25, 0.3) is 22.3 Å². The summed E-state index contributed by atoms with van der Waals surface area (Å²) in [5.41, 5.74) is 9.15. The van der Waals surface area contributed by atoms with Crippen LogP contribution in [0.2, 0.25) is 5.02 Å². The molecule has 0 aliphatic carbocycles. The van der Waals surface area contributed by atoms with Crippen LogP contribution in [-0.2, 0) is 6.54 Å². The predicted octanol–water partition coefficient (Wildman–Crippen LogP) is 6.33. The van der Waals surface area contributed by atoms with Gasteiger partial charge in [0, 0.05) is 21.8 Å². The van der Waals surface area contributed by atoms with Gasteiger partial charge in [0.1, 0.15) is 29.7 Å². The lowest BCUT2D eigenvalue weighted by Crippen LogP contribution is -2.38. The van der Waals surface area contributed by atoms with Gasteiger partial charge >= 0.3 is 0 Å². The minimum absolute atomic E-state index is 0.0895. The van der Waals surface area contributed by atoms with Crippen LogP contribution in [0.5, 0.6) is 5.75 Å². The molecule has 11 heteroatoms. The largest absolute Gasteiger partial charge is 0.494 e.